The summed E-state index contributed by atoms with van der Waals surface area (Å²) in [6, 6.07) is 4.46. The standard InChI is InChI=1S/C8H7F3INO/c9-8(10,11)4-14-7-2-1-5(13)3-6(7)12/h1-3H,4,13H2. The van der Waals surface area contributed by atoms with E-state index in [1.165, 1.54) is 12.1 Å². The molecule has 0 spiro atoms. The molecule has 1 aromatic rings. The van der Waals surface area contributed by atoms with Gasteiger partial charge in [0.2, 0.25) is 0 Å². The van der Waals surface area contributed by atoms with Gasteiger partial charge in [0.1, 0.15) is 5.75 Å². The highest BCUT2D eigenvalue weighted by molar-refractivity contribution is 14.1. The first kappa shape index (κ1) is 11.4. The molecule has 0 atom stereocenters. The second-order valence-corrected chi connectivity index (χ2v) is 3.76. The van der Waals surface area contributed by atoms with Crippen molar-refractivity contribution in [2.75, 3.05) is 12.3 Å². The predicted molar refractivity (Wildman–Crippen MR) is 55.1 cm³/mol. The van der Waals surface area contributed by atoms with Crippen LogP contribution in [0.5, 0.6) is 5.75 Å². The maximum atomic E-state index is 11.8. The minimum Gasteiger partial charge on any atom is -0.483 e. The number of hydrogen-bond donors (Lipinski definition) is 1. The molecule has 1 aromatic carbocycles. The van der Waals surface area contributed by atoms with E-state index in [9.17, 15) is 13.2 Å². The van der Waals surface area contributed by atoms with Crippen LogP contribution in [0.4, 0.5) is 18.9 Å². The minimum atomic E-state index is -4.32. The van der Waals surface area contributed by atoms with E-state index < -0.39 is 12.8 Å². The zero-order valence-electron chi connectivity index (χ0n) is 6.94. The van der Waals surface area contributed by atoms with Gasteiger partial charge >= 0.3 is 6.18 Å². The summed E-state index contributed by atoms with van der Waals surface area (Å²) in [5.74, 6) is 0.192. The van der Waals surface area contributed by atoms with Crippen molar-refractivity contribution >= 4 is 28.3 Å². The van der Waals surface area contributed by atoms with Crippen molar-refractivity contribution in [1.82, 2.24) is 0 Å². The summed E-state index contributed by atoms with van der Waals surface area (Å²) in [5, 5.41) is 0. The van der Waals surface area contributed by atoms with Crippen LogP contribution in [-0.4, -0.2) is 12.8 Å². The Balaban J connectivity index is 2.68. The number of benzene rings is 1. The molecule has 0 aliphatic heterocycles. The lowest BCUT2D eigenvalue weighted by molar-refractivity contribution is -0.153. The maximum Gasteiger partial charge on any atom is 0.422 e. The van der Waals surface area contributed by atoms with Gasteiger partial charge in [-0.3, -0.25) is 0 Å². The van der Waals surface area contributed by atoms with Crippen molar-refractivity contribution in [3.05, 3.63) is 21.8 Å². The van der Waals surface area contributed by atoms with Gasteiger partial charge in [0.25, 0.3) is 0 Å². The maximum absolute atomic E-state index is 11.8. The van der Waals surface area contributed by atoms with Gasteiger partial charge in [-0.05, 0) is 40.8 Å². The first-order chi connectivity index (χ1) is 6.38. The average molecular weight is 317 g/mol. The molecule has 78 valence electrons. The van der Waals surface area contributed by atoms with Crippen molar-refractivity contribution < 1.29 is 17.9 Å². The summed E-state index contributed by atoms with van der Waals surface area (Å²) in [5.41, 5.74) is 5.92. The van der Waals surface area contributed by atoms with Crippen molar-refractivity contribution in [3.63, 3.8) is 0 Å². The van der Waals surface area contributed by atoms with Gasteiger partial charge < -0.3 is 10.5 Å². The number of halogens is 4. The molecule has 6 heteroatoms. The summed E-state index contributed by atoms with van der Waals surface area (Å²) in [7, 11) is 0. The van der Waals surface area contributed by atoms with Gasteiger partial charge in [-0.2, -0.15) is 13.2 Å². The number of hydrogen-bond acceptors (Lipinski definition) is 2. The lowest BCUT2D eigenvalue weighted by Gasteiger charge is -2.10. The van der Waals surface area contributed by atoms with Crippen molar-refractivity contribution in [2.45, 2.75) is 6.18 Å². The van der Waals surface area contributed by atoms with Gasteiger partial charge in [-0.25, -0.2) is 0 Å². The smallest absolute Gasteiger partial charge is 0.422 e. The fourth-order valence-corrected chi connectivity index (χ4v) is 1.49. The van der Waals surface area contributed by atoms with E-state index in [4.69, 9.17) is 5.73 Å². The Bertz CT molecular complexity index is 327. The average Bonchev–Trinajstić information content (AvgIpc) is 2.00. The third-order valence-corrected chi connectivity index (χ3v) is 2.19. The van der Waals surface area contributed by atoms with Crippen LogP contribution in [0.1, 0.15) is 0 Å². The van der Waals surface area contributed by atoms with Crippen molar-refractivity contribution in [3.8, 4) is 5.75 Å². The summed E-state index contributed by atoms with van der Waals surface area (Å²) < 4.78 is 40.5. The molecular formula is C8H7F3INO. The van der Waals surface area contributed by atoms with E-state index in [0.29, 0.717) is 9.26 Å². The van der Waals surface area contributed by atoms with E-state index in [0.717, 1.165) is 0 Å². The molecule has 0 aliphatic carbocycles. The molecule has 2 N–H and O–H groups in total. The second-order valence-electron chi connectivity index (χ2n) is 2.59. The van der Waals surface area contributed by atoms with E-state index in [-0.39, 0.29) is 5.75 Å². The normalized spacial score (nSPS) is 11.4. The van der Waals surface area contributed by atoms with Crippen LogP contribution in [-0.2, 0) is 0 Å². The van der Waals surface area contributed by atoms with Crippen molar-refractivity contribution in [2.24, 2.45) is 0 Å². The van der Waals surface area contributed by atoms with E-state index in [1.54, 1.807) is 6.07 Å². The largest absolute Gasteiger partial charge is 0.483 e. The molecule has 0 fully saturated rings. The second kappa shape index (κ2) is 4.24. The van der Waals surface area contributed by atoms with Gasteiger partial charge in [0.15, 0.2) is 6.61 Å². The fourth-order valence-electron chi connectivity index (χ4n) is 0.794. The van der Waals surface area contributed by atoms with Gasteiger partial charge in [-0.15, -0.1) is 0 Å². The van der Waals surface area contributed by atoms with Crippen molar-refractivity contribution in [1.29, 1.82) is 0 Å². The summed E-state index contributed by atoms with van der Waals surface area (Å²) in [6.07, 6.45) is -4.32. The Morgan fingerprint density at radius 3 is 2.50 bits per heavy atom. The van der Waals surface area contributed by atoms with Crippen LogP contribution >= 0.6 is 22.6 Å². The number of alkyl halides is 3. The monoisotopic (exact) mass is 317 g/mol. The summed E-state index contributed by atoms with van der Waals surface area (Å²) in [4.78, 5) is 0. The van der Waals surface area contributed by atoms with Crippen LogP contribution < -0.4 is 10.5 Å². The highest BCUT2D eigenvalue weighted by Crippen LogP contribution is 2.25. The van der Waals surface area contributed by atoms with Crippen LogP contribution in [0.3, 0.4) is 0 Å². The number of rotatable bonds is 2. The van der Waals surface area contributed by atoms with Crippen LogP contribution in [0.15, 0.2) is 18.2 Å². The zero-order valence-corrected chi connectivity index (χ0v) is 9.09. The molecule has 0 unspecified atom stereocenters. The number of ether oxygens (including phenoxy) is 1. The van der Waals surface area contributed by atoms with Gasteiger partial charge in [0, 0.05) is 5.69 Å². The molecular weight excluding hydrogens is 310 g/mol. The molecule has 0 amide bonds. The Morgan fingerprint density at radius 1 is 1.36 bits per heavy atom. The Labute approximate surface area is 92.4 Å². The topological polar surface area (TPSA) is 35.2 Å². The lowest BCUT2D eigenvalue weighted by atomic mass is 10.3. The zero-order chi connectivity index (χ0) is 10.8. The van der Waals surface area contributed by atoms with Crippen LogP contribution in [0.2, 0.25) is 0 Å². The van der Waals surface area contributed by atoms with Gasteiger partial charge in [-0.1, -0.05) is 0 Å². The predicted octanol–water partition coefficient (Wildman–Crippen LogP) is 2.81. The molecule has 14 heavy (non-hydrogen) atoms. The minimum absolute atomic E-state index is 0.192. The highest BCUT2D eigenvalue weighted by atomic mass is 127. The first-order valence-corrected chi connectivity index (χ1v) is 4.71. The third kappa shape index (κ3) is 3.60. The number of nitrogen functional groups attached to an aromatic ring is 1. The first-order valence-electron chi connectivity index (χ1n) is 3.63. The highest BCUT2D eigenvalue weighted by Gasteiger charge is 2.28. The molecule has 0 saturated carbocycles. The van der Waals surface area contributed by atoms with E-state index in [1.807, 2.05) is 22.6 Å². The third-order valence-electron chi connectivity index (χ3n) is 1.35. The van der Waals surface area contributed by atoms with E-state index in [2.05, 4.69) is 4.74 Å². The van der Waals surface area contributed by atoms with Crippen LogP contribution in [0.25, 0.3) is 0 Å². The Hall–Kier alpha value is -0.660. The molecule has 0 saturated heterocycles. The summed E-state index contributed by atoms with van der Waals surface area (Å²) >= 11 is 1.87. The number of anilines is 1. The summed E-state index contributed by atoms with van der Waals surface area (Å²) in [6.45, 7) is -1.28. The molecule has 2 nitrogen and oxygen atoms in total. The Morgan fingerprint density at radius 2 is 2.00 bits per heavy atom. The molecule has 0 aromatic heterocycles. The number of nitrogens with two attached hydrogens (primary N) is 1. The Kier molecular flexibility index (Phi) is 3.46. The van der Waals surface area contributed by atoms with Gasteiger partial charge in [0.05, 0.1) is 3.57 Å². The molecule has 0 bridgehead atoms. The molecule has 1 rings (SSSR count). The molecule has 0 heterocycles. The van der Waals surface area contributed by atoms with Crippen LogP contribution in [0, 0.1) is 3.57 Å². The molecule has 0 radical (unpaired) electrons. The lowest BCUT2D eigenvalue weighted by Crippen LogP contribution is -2.19. The SMILES string of the molecule is Nc1ccc(OCC(F)(F)F)c(I)c1. The van der Waals surface area contributed by atoms with E-state index >= 15 is 0 Å². The molecule has 0 aliphatic rings. The quantitative estimate of drug-likeness (QED) is 0.672. The fraction of sp³-hybridized carbons (Fsp3) is 0.250.